The fraction of sp³-hybridized carbons (Fsp3) is 0.643. The molecular formula is C14H22N2O2. The van der Waals surface area contributed by atoms with Gasteiger partial charge in [0.1, 0.15) is 11.3 Å². The minimum Gasteiger partial charge on any atom is -0.386 e. The molecule has 100 valence electrons. The number of aryl methyl sites for hydroxylation is 1. The van der Waals surface area contributed by atoms with E-state index in [4.69, 9.17) is 0 Å². The van der Waals surface area contributed by atoms with Gasteiger partial charge in [0.25, 0.3) is 5.91 Å². The number of rotatable bonds is 4. The molecule has 0 unspecified atom stereocenters. The molecule has 0 radical (unpaired) electrons. The third-order valence-corrected chi connectivity index (χ3v) is 3.80. The molecule has 1 fully saturated rings. The summed E-state index contributed by atoms with van der Waals surface area (Å²) in [5, 5.41) is 10.2. The number of amides is 1. The van der Waals surface area contributed by atoms with E-state index < -0.39 is 5.60 Å². The van der Waals surface area contributed by atoms with Gasteiger partial charge in [-0.3, -0.25) is 4.79 Å². The van der Waals surface area contributed by atoms with Gasteiger partial charge in [-0.05, 0) is 24.5 Å². The molecule has 1 amide bonds. The molecule has 0 bridgehead atoms. The standard InChI is InChI=1S/C14H22N2O2/c1-4-7-15-8-5-6-12(15)13(17)16-9-14(18,10-16)11(2)3/h5-6,8,11,18H,4,7,9-10H2,1-3H3. The number of nitrogens with zero attached hydrogens (tertiary/aromatic N) is 2. The van der Waals surface area contributed by atoms with Crippen molar-refractivity contribution in [1.82, 2.24) is 9.47 Å². The first kappa shape index (κ1) is 13.1. The molecule has 1 aromatic heterocycles. The second kappa shape index (κ2) is 4.76. The Morgan fingerprint density at radius 1 is 1.50 bits per heavy atom. The molecule has 0 atom stereocenters. The molecule has 0 saturated carbocycles. The second-order valence-corrected chi connectivity index (χ2v) is 5.51. The Balaban J connectivity index is 2.04. The van der Waals surface area contributed by atoms with Crippen molar-refractivity contribution in [3.8, 4) is 0 Å². The summed E-state index contributed by atoms with van der Waals surface area (Å²) in [6.45, 7) is 7.82. The zero-order chi connectivity index (χ0) is 13.3. The molecule has 1 N–H and O–H groups in total. The minimum absolute atomic E-state index is 0.0266. The Bertz CT molecular complexity index is 431. The highest BCUT2D eigenvalue weighted by Gasteiger charge is 2.46. The maximum absolute atomic E-state index is 12.3. The van der Waals surface area contributed by atoms with Crippen LogP contribution in [0.4, 0.5) is 0 Å². The van der Waals surface area contributed by atoms with Crippen LogP contribution in [0, 0.1) is 5.92 Å². The van der Waals surface area contributed by atoms with Crippen molar-refractivity contribution in [3.63, 3.8) is 0 Å². The predicted molar refractivity (Wildman–Crippen MR) is 70.4 cm³/mol. The third kappa shape index (κ3) is 2.17. The second-order valence-electron chi connectivity index (χ2n) is 5.51. The monoisotopic (exact) mass is 250 g/mol. The van der Waals surface area contributed by atoms with Gasteiger partial charge in [0.2, 0.25) is 0 Å². The fourth-order valence-electron chi connectivity index (χ4n) is 2.33. The summed E-state index contributed by atoms with van der Waals surface area (Å²) in [6.07, 6.45) is 2.94. The first-order valence-corrected chi connectivity index (χ1v) is 6.64. The number of carbonyl (C=O) groups is 1. The molecule has 2 rings (SSSR count). The lowest BCUT2D eigenvalue weighted by molar-refractivity contribution is -0.111. The van der Waals surface area contributed by atoms with Crippen LogP contribution in [-0.2, 0) is 6.54 Å². The summed E-state index contributed by atoms with van der Waals surface area (Å²) in [7, 11) is 0. The van der Waals surface area contributed by atoms with Crippen LogP contribution in [0.2, 0.25) is 0 Å². The number of hydrogen-bond acceptors (Lipinski definition) is 2. The van der Waals surface area contributed by atoms with Crippen LogP contribution in [0.1, 0.15) is 37.7 Å². The van der Waals surface area contributed by atoms with Gasteiger partial charge in [0.15, 0.2) is 0 Å². The van der Waals surface area contributed by atoms with E-state index in [1.807, 2.05) is 36.7 Å². The van der Waals surface area contributed by atoms with Gasteiger partial charge in [-0.25, -0.2) is 0 Å². The maximum Gasteiger partial charge on any atom is 0.270 e. The highest BCUT2D eigenvalue weighted by molar-refractivity contribution is 5.93. The van der Waals surface area contributed by atoms with E-state index in [9.17, 15) is 9.90 Å². The molecule has 0 spiro atoms. The van der Waals surface area contributed by atoms with E-state index >= 15 is 0 Å². The quantitative estimate of drug-likeness (QED) is 0.884. The predicted octanol–water partition coefficient (Wildman–Crippen LogP) is 1.74. The Morgan fingerprint density at radius 2 is 2.17 bits per heavy atom. The molecule has 0 aromatic carbocycles. The summed E-state index contributed by atoms with van der Waals surface area (Å²) in [5.74, 6) is 0.211. The Labute approximate surface area is 108 Å². The van der Waals surface area contributed by atoms with Gasteiger partial charge >= 0.3 is 0 Å². The molecule has 4 heteroatoms. The molecule has 18 heavy (non-hydrogen) atoms. The number of β-amino-alcohol motifs (C(OH)–C–C–N with tert-alkyl or cyclic N) is 1. The van der Waals surface area contributed by atoms with Crippen molar-refractivity contribution < 1.29 is 9.90 Å². The maximum atomic E-state index is 12.3. The van der Waals surface area contributed by atoms with E-state index in [1.165, 1.54) is 0 Å². The minimum atomic E-state index is -0.697. The lowest BCUT2D eigenvalue weighted by Gasteiger charge is -2.49. The Morgan fingerprint density at radius 3 is 2.72 bits per heavy atom. The van der Waals surface area contributed by atoms with Crippen LogP contribution in [0.15, 0.2) is 18.3 Å². The molecule has 1 aliphatic rings. The zero-order valence-electron chi connectivity index (χ0n) is 11.4. The van der Waals surface area contributed by atoms with Gasteiger partial charge < -0.3 is 14.6 Å². The van der Waals surface area contributed by atoms with E-state index in [0.717, 1.165) is 18.7 Å². The van der Waals surface area contributed by atoms with Gasteiger partial charge in [-0.2, -0.15) is 0 Å². The zero-order valence-corrected chi connectivity index (χ0v) is 11.4. The van der Waals surface area contributed by atoms with Crippen molar-refractivity contribution >= 4 is 5.91 Å². The molecule has 1 aliphatic heterocycles. The van der Waals surface area contributed by atoms with E-state index in [1.54, 1.807) is 4.90 Å². The first-order valence-electron chi connectivity index (χ1n) is 6.64. The van der Waals surface area contributed by atoms with Gasteiger partial charge in [0.05, 0.1) is 13.1 Å². The van der Waals surface area contributed by atoms with Crippen molar-refractivity contribution in [3.05, 3.63) is 24.0 Å². The highest BCUT2D eigenvalue weighted by atomic mass is 16.3. The molecule has 4 nitrogen and oxygen atoms in total. The van der Waals surface area contributed by atoms with Crippen LogP contribution < -0.4 is 0 Å². The van der Waals surface area contributed by atoms with Crippen LogP contribution in [0.3, 0.4) is 0 Å². The summed E-state index contributed by atoms with van der Waals surface area (Å²) >= 11 is 0. The number of likely N-dealkylation sites (tertiary alicyclic amines) is 1. The molecular weight excluding hydrogens is 228 g/mol. The fourth-order valence-corrected chi connectivity index (χ4v) is 2.33. The van der Waals surface area contributed by atoms with Crippen molar-refractivity contribution in [2.24, 2.45) is 5.92 Å². The topological polar surface area (TPSA) is 45.5 Å². The van der Waals surface area contributed by atoms with Crippen LogP contribution in [-0.4, -0.2) is 39.2 Å². The van der Waals surface area contributed by atoms with Crippen molar-refractivity contribution in [1.29, 1.82) is 0 Å². The van der Waals surface area contributed by atoms with E-state index in [2.05, 4.69) is 6.92 Å². The molecule has 1 aromatic rings. The molecule has 1 saturated heterocycles. The largest absolute Gasteiger partial charge is 0.386 e. The van der Waals surface area contributed by atoms with Gasteiger partial charge in [-0.1, -0.05) is 20.8 Å². The van der Waals surface area contributed by atoms with Crippen molar-refractivity contribution in [2.45, 2.75) is 39.3 Å². The SMILES string of the molecule is CCCn1cccc1C(=O)N1CC(O)(C(C)C)C1. The summed E-state index contributed by atoms with van der Waals surface area (Å²) < 4.78 is 1.98. The summed E-state index contributed by atoms with van der Waals surface area (Å²) in [4.78, 5) is 14.0. The van der Waals surface area contributed by atoms with Crippen LogP contribution >= 0.6 is 0 Å². The number of carbonyl (C=O) groups excluding carboxylic acids is 1. The Kier molecular flexibility index (Phi) is 3.48. The van der Waals surface area contributed by atoms with Crippen molar-refractivity contribution in [2.75, 3.05) is 13.1 Å². The van der Waals surface area contributed by atoms with Crippen LogP contribution in [0.5, 0.6) is 0 Å². The number of aromatic nitrogens is 1. The lowest BCUT2D eigenvalue weighted by atomic mass is 9.83. The van der Waals surface area contributed by atoms with E-state index in [-0.39, 0.29) is 11.8 Å². The summed E-state index contributed by atoms with van der Waals surface area (Å²) in [5.41, 5.74) is 0.0281. The summed E-state index contributed by atoms with van der Waals surface area (Å²) in [6, 6.07) is 3.75. The average Bonchev–Trinajstić information content (AvgIpc) is 2.72. The first-order chi connectivity index (χ1) is 8.48. The normalized spacial score (nSPS) is 17.9. The van der Waals surface area contributed by atoms with Crippen LogP contribution in [0.25, 0.3) is 0 Å². The average molecular weight is 250 g/mol. The molecule has 2 heterocycles. The third-order valence-electron chi connectivity index (χ3n) is 3.80. The number of aliphatic hydroxyl groups is 1. The Hall–Kier alpha value is -1.29. The van der Waals surface area contributed by atoms with E-state index in [0.29, 0.717) is 13.1 Å². The molecule has 0 aliphatic carbocycles. The highest BCUT2D eigenvalue weighted by Crippen LogP contribution is 2.29. The number of hydrogen-bond donors (Lipinski definition) is 1. The lowest BCUT2D eigenvalue weighted by Crippen LogP contribution is -2.66. The van der Waals surface area contributed by atoms with Gasteiger partial charge in [0, 0.05) is 12.7 Å². The van der Waals surface area contributed by atoms with Gasteiger partial charge in [-0.15, -0.1) is 0 Å². The smallest absolute Gasteiger partial charge is 0.270 e.